The van der Waals surface area contributed by atoms with Crippen molar-refractivity contribution in [3.63, 3.8) is 0 Å². The fraction of sp³-hybridized carbons (Fsp3) is 0.444. The first-order valence-corrected chi connectivity index (χ1v) is 9.54. The van der Waals surface area contributed by atoms with Crippen LogP contribution < -0.4 is 0 Å². The number of hydrogen-bond acceptors (Lipinski definition) is 6. The first-order valence-electron chi connectivity index (χ1n) is 8.55. The Labute approximate surface area is 161 Å². The molecule has 0 spiro atoms. The van der Waals surface area contributed by atoms with Crippen LogP contribution in [0.2, 0.25) is 0 Å². The summed E-state index contributed by atoms with van der Waals surface area (Å²) in [6.45, 7) is 2.70. The van der Waals surface area contributed by atoms with Gasteiger partial charge in [0.2, 0.25) is 5.91 Å². The lowest BCUT2D eigenvalue weighted by Crippen LogP contribution is -2.40. The molecular weight excluding hydrogens is 368 g/mol. The van der Waals surface area contributed by atoms with Crippen molar-refractivity contribution >= 4 is 23.6 Å². The van der Waals surface area contributed by atoms with Crippen molar-refractivity contribution in [1.82, 2.24) is 19.7 Å². The number of methoxy groups -OCH3 is 1. The summed E-state index contributed by atoms with van der Waals surface area (Å²) in [5, 5.41) is 18.2. The van der Waals surface area contributed by atoms with Crippen molar-refractivity contribution in [2.75, 3.05) is 32.6 Å². The normalized spacial score (nSPS) is 19.4. The third-order valence-electron chi connectivity index (χ3n) is 4.73. The Morgan fingerprint density at radius 3 is 2.74 bits per heavy atom. The largest absolute Gasteiger partial charge is 0.481 e. The average Bonchev–Trinajstić information content (AvgIpc) is 3.29. The van der Waals surface area contributed by atoms with E-state index in [-0.39, 0.29) is 24.8 Å². The van der Waals surface area contributed by atoms with E-state index in [4.69, 9.17) is 4.74 Å². The second-order valence-electron chi connectivity index (χ2n) is 6.69. The number of amides is 1. The fourth-order valence-electron chi connectivity index (χ4n) is 3.14. The summed E-state index contributed by atoms with van der Waals surface area (Å²) in [6.07, 6.45) is 2.01. The molecule has 9 heteroatoms. The van der Waals surface area contributed by atoms with Gasteiger partial charge in [0.25, 0.3) is 0 Å². The van der Waals surface area contributed by atoms with Gasteiger partial charge in [-0.15, -0.1) is 10.2 Å². The van der Waals surface area contributed by atoms with Crippen molar-refractivity contribution in [3.8, 4) is 5.69 Å². The zero-order chi connectivity index (χ0) is 19.4. The third kappa shape index (κ3) is 4.14. The van der Waals surface area contributed by atoms with Gasteiger partial charge >= 0.3 is 5.97 Å². The third-order valence-corrected chi connectivity index (χ3v) is 5.66. The highest BCUT2D eigenvalue weighted by Gasteiger charge is 2.46. The highest BCUT2D eigenvalue weighted by Crippen LogP contribution is 2.32. The molecule has 3 rings (SSSR count). The van der Waals surface area contributed by atoms with Gasteiger partial charge in [0.15, 0.2) is 5.16 Å². The number of rotatable bonds is 7. The van der Waals surface area contributed by atoms with Crippen LogP contribution in [0.15, 0.2) is 35.7 Å². The van der Waals surface area contributed by atoms with E-state index >= 15 is 0 Å². The topological polar surface area (TPSA) is 97.6 Å². The molecule has 1 saturated heterocycles. The Kier molecular flexibility index (Phi) is 5.81. The molecule has 0 saturated carbocycles. The molecular formula is C18H22N4O4S. The molecule has 27 heavy (non-hydrogen) atoms. The summed E-state index contributed by atoms with van der Waals surface area (Å²) in [6, 6.07) is 7.94. The van der Waals surface area contributed by atoms with Gasteiger partial charge in [-0.05, 0) is 25.5 Å². The van der Waals surface area contributed by atoms with Crippen molar-refractivity contribution in [3.05, 3.63) is 36.2 Å². The Bertz CT molecular complexity index is 823. The van der Waals surface area contributed by atoms with Gasteiger partial charge < -0.3 is 14.7 Å². The predicted molar refractivity (Wildman–Crippen MR) is 100.0 cm³/mol. The Morgan fingerprint density at radius 2 is 2.07 bits per heavy atom. The maximum Gasteiger partial charge on any atom is 0.313 e. The number of likely N-dealkylation sites (tertiary alicyclic amines) is 1. The number of benzene rings is 1. The molecule has 1 amide bonds. The molecule has 144 valence electrons. The van der Waals surface area contributed by atoms with Crippen molar-refractivity contribution in [2.24, 2.45) is 5.41 Å². The van der Waals surface area contributed by atoms with Gasteiger partial charge in [0.1, 0.15) is 11.7 Å². The SMILES string of the molecule is COCC1(C(=O)O)CCN(C(=O)CSc2nncn2-c2ccc(C)cc2)C1. The van der Waals surface area contributed by atoms with E-state index in [1.54, 1.807) is 11.2 Å². The van der Waals surface area contributed by atoms with E-state index in [1.165, 1.54) is 18.9 Å². The second-order valence-corrected chi connectivity index (χ2v) is 7.63. The predicted octanol–water partition coefficient (Wildman–Crippen LogP) is 1.62. The molecule has 1 N–H and O–H groups in total. The van der Waals surface area contributed by atoms with E-state index in [9.17, 15) is 14.7 Å². The van der Waals surface area contributed by atoms with Crippen molar-refractivity contribution in [1.29, 1.82) is 0 Å². The molecule has 8 nitrogen and oxygen atoms in total. The van der Waals surface area contributed by atoms with Crippen LogP contribution in [0.3, 0.4) is 0 Å². The summed E-state index contributed by atoms with van der Waals surface area (Å²) in [5.74, 6) is -0.864. The van der Waals surface area contributed by atoms with E-state index in [0.29, 0.717) is 18.1 Å². The lowest BCUT2D eigenvalue weighted by molar-refractivity contribution is -0.151. The molecule has 0 aliphatic carbocycles. The number of nitrogens with zero attached hydrogens (tertiary/aromatic N) is 4. The van der Waals surface area contributed by atoms with E-state index < -0.39 is 11.4 Å². The van der Waals surface area contributed by atoms with Crippen molar-refractivity contribution in [2.45, 2.75) is 18.5 Å². The molecule has 1 unspecified atom stereocenters. The monoisotopic (exact) mass is 390 g/mol. The molecule has 2 aromatic rings. The number of aromatic nitrogens is 3. The van der Waals surface area contributed by atoms with Crippen LogP contribution in [-0.4, -0.2) is 69.2 Å². The minimum absolute atomic E-state index is 0.0982. The van der Waals surface area contributed by atoms with Gasteiger partial charge in [-0.3, -0.25) is 14.2 Å². The molecule has 1 aliphatic heterocycles. The van der Waals surface area contributed by atoms with Gasteiger partial charge in [-0.25, -0.2) is 0 Å². The number of aliphatic carboxylic acids is 1. The molecule has 1 aliphatic rings. The van der Waals surface area contributed by atoms with Gasteiger partial charge in [0, 0.05) is 25.9 Å². The number of ether oxygens (including phenoxy) is 1. The summed E-state index contributed by atoms with van der Waals surface area (Å²) >= 11 is 1.29. The van der Waals surface area contributed by atoms with Crippen LogP contribution >= 0.6 is 11.8 Å². The lowest BCUT2D eigenvalue weighted by Gasteiger charge is -2.23. The average molecular weight is 390 g/mol. The molecule has 1 atom stereocenters. The zero-order valence-electron chi connectivity index (χ0n) is 15.3. The maximum absolute atomic E-state index is 12.6. The molecule has 1 aromatic carbocycles. The second kappa shape index (κ2) is 8.10. The summed E-state index contributed by atoms with van der Waals surface area (Å²) in [7, 11) is 1.48. The van der Waals surface area contributed by atoms with Gasteiger partial charge in [-0.1, -0.05) is 29.5 Å². The first kappa shape index (κ1) is 19.4. The zero-order valence-corrected chi connectivity index (χ0v) is 16.1. The first-order chi connectivity index (χ1) is 12.9. The number of carboxylic acids is 1. The smallest absolute Gasteiger partial charge is 0.313 e. The highest BCUT2D eigenvalue weighted by molar-refractivity contribution is 7.99. The molecule has 0 bridgehead atoms. The number of aryl methyl sites for hydroxylation is 1. The van der Waals surface area contributed by atoms with Crippen LogP contribution in [0, 0.1) is 12.3 Å². The standard InChI is InChI=1S/C18H22N4O4S/c1-13-3-5-14(6-4-13)22-12-19-20-17(22)27-9-15(23)21-8-7-18(10-21,11-26-2)16(24)25/h3-6,12H,7-11H2,1-2H3,(H,24,25). The molecule has 0 radical (unpaired) electrons. The quantitative estimate of drug-likeness (QED) is 0.718. The number of thioether (sulfide) groups is 1. The van der Waals surface area contributed by atoms with Crippen LogP contribution in [0.5, 0.6) is 0 Å². The molecule has 1 fully saturated rings. The minimum Gasteiger partial charge on any atom is -0.481 e. The van der Waals surface area contributed by atoms with Crippen LogP contribution in [0.25, 0.3) is 5.69 Å². The number of carboxylic acid groups (broad SMARTS) is 1. The summed E-state index contributed by atoms with van der Waals surface area (Å²) in [5.41, 5.74) is 1.06. The minimum atomic E-state index is -1.02. The lowest BCUT2D eigenvalue weighted by atomic mass is 9.88. The van der Waals surface area contributed by atoms with Gasteiger partial charge in [-0.2, -0.15) is 0 Å². The van der Waals surface area contributed by atoms with E-state index in [1.807, 2.05) is 35.8 Å². The number of carbonyl (C=O) groups is 2. The van der Waals surface area contributed by atoms with E-state index in [0.717, 1.165) is 11.3 Å². The van der Waals surface area contributed by atoms with Crippen LogP contribution in [-0.2, 0) is 14.3 Å². The number of hydrogen-bond donors (Lipinski definition) is 1. The highest BCUT2D eigenvalue weighted by atomic mass is 32.2. The molecule has 2 heterocycles. The van der Waals surface area contributed by atoms with Gasteiger partial charge in [0.05, 0.1) is 12.4 Å². The van der Waals surface area contributed by atoms with Crippen LogP contribution in [0.4, 0.5) is 0 Å². The maximum atomic E-state index is 12.6. The van der Waals surface area contributed by atoms with E-state index in [2.05, 4.69) is 10.2 Å². The van der Waals surface area contributed by atoms with Crippen LogP contribution in [0.1, 0.15) is 12.0 Å². The molecule has 1 aromatic heterocycles. The Balaban J connectivity index is 1.63. The Morgan fingerprint density at radius 1 is 1.33 bits per heavy atom. The Hall–Kier alpha value is -2.39. The fourth-order valence-corrected chi connectivity index (χ4v) is 3.97. The summed E-state index contributed by atoms with van der Waals surface area (Å²) < 4.78 is 6.89. The van der Waals surface area contributed by atoms with Crippen molar-refractivity contribution < 1.29 is 19.4 Å². The summed E-state index contributed by atoms with van der Waals surface area (Å²) in [4.78, 5) is 25.8. The number of carbonyl (C=O) groups excluding carboxylic acids is 1.